The highest BCUT2D eigenvalue weighted by molar-refractivity contribution is 6.32. The summed E-state index contributed by atoms with van der Waals surface area (Å²) in [5.41, 5.74) is 0. The molecule has 1 aromatic heterocycles. The molecule has 7 heteroatoms. The van der Waals surface area contributed by atoms with Gasteiger partial charge in [0.25, 0.3) is 0 Å². The minimum Gasteiger partial charge on any atom is -0.467 e. The molecule has 0 fully saturated rings. The van der Waals surface area contributed by atoms with Gasteiger partial charge in [0, 0.05) is 13.0 Å². The van der Waals surface area contributed by atoms with Gasteiger partial charge in [-0.1, -0.05) is 11.6 Å². The Morgan fingerprint density at radius 1 is 1.50 bits per heavy atom. The molecule has 0 aliphatic carbocycles. The molecule has 1 heterocycles. The highest BCUT2D eigenvalue weighted by Crippen LogP contribution is 2.21. The number of methoxy groups -OCH3 is 2. The molecule has 90 valence electrons. The maximum Gasteiger partial charge on any atom is 0.318 e. The summed E-state index contributed by atoms with van der Waals surface area (Å²) in [5.74, 6) is 0.868. The molecule has 0 saturated heterocycles. The predicted molar refractivity (Wildman–Crippen MR) is 63.6 cm³/mol. The number of alkyl halides is 1. The first-order valence-corrected chi connectivity index (χ1v) is 5.50. The largest absolute Gasteiger partial charge is 0.467 e. The van der Waals surface area contributed by atoms with Gasteiger partial charge in [0.05, 0.1) is 26.0 Å². The summed E-state index contributed by atoms with van der Waals surface area (Å²) in [4.78, 5) is 7.94. The standard InChI is InChI=1S/C9H13Cl2N3O2/c1-15-5-6(3-10)13-8-7(11)4-12-9(14-8)16-2/h4,6H,3,5H2,1-2H3,(H,12,13,14). The molecule has 0 aliphatic rings. The van der Waals surface area contributed by atoms with Crippen LogP contribution in [-0.2, 0) is 4.74 Å². The molecule has 0 aromatic carbocycles. The second kappa shape index (κ2) is 6.73. The fourth-order valence-electron chi connectivity index (χ4n) is 1.07. The van der Waals surface area contributed by atoms with Gasteiger partial charge < -0.3 is 14.8 Å². The van der Waals surface area contributed by atoms with Crippen LogP contribution < -0.4 is 10.1 Å². The second-order valence-corrected chi connectivity index (χ2v) is 3.72. The minimum absolute atomic E-state index is 0.0660. The summed E-state index contributed by atoms with van der Waals surface area (Å²) >= 11 is 11.7. The molecule has 0 radical (unpaired) electrons. The Kier molecular flexibility index (Phi) is 5.59. The zero-order chi connectivity index (χ0) is 12.0. The molecule has 1 unspecified atom stereocenters. The van der Waals surface area contributed by atoms with E-state index in [-0.39, 0.29) is 12.1 Å². The molecule has 0 saturated carbocycles. The maximum absolute atomic E-state index is 5.93. The van der Waals surface area contributed by atoms with Gasteiger partial charge in [-0.3, -0.25) is 0 Å². The quantitative estimate of drug-likeness (QED) is 0.796. The summed E-state index contributed by atoms with van der Waals surface area (Å²) in [7, 11) is 3.09. The van der Waals surface area contributed by atoms with Crippen molar-refractivity contribution in [2.45, 2.75) is 6.04 Å². The monoisotopic (exact) mass is 265 g/mol. The Balaban J connectivity index is 2.77. The van der Waals surface area contributed by atoms with Crippen LogP contribution >= 0.6 is 23.2 Å². The topological polar surface area (TPSA) is 56.3 Å². The van der Waals surface area contributed by atoms with Crippen molar-refractivity contribution in [2.24, 2.45) is 0 Å². The number of anilines is 1. The zero-order valence-corrected chi connectivity index (χ0v) is 10.5. The van der Waals surface area contributed by atoms with Crippen LogP contribution in [0.4, 0.5) is 5.82 Å². The first-order chi connectivity index (χ1) is 7.71. The van der Waals surface area contributed by atoms with E-state index in [0.29, 0.717) is 23.3 Å². The van der Waals surface area contributed by atoms with E-state index >= 15 is 0 Å². The molecule has 1 N–H and O–H groups in total. The summed E-state index contributed by atoms with van der Waals surface area (Å²) in [6, 6.07) is 0.182. The maximum atomic E-state index is 5.93. The number of nitrogens with zero attached hydrogens (tertiary/aromatic N) is 2. The molecule has 1 aromatic rings. The van der Waals surface area contributed by atoms with E-state index in [0.717, 1.165) is 0 Å². The van der Waals surface area contributed by atoms with Crippen LogP contribution in [0.15, 0.2) is 6.20 Å². The van der Waals surface area contributed by atoms with Crippen LogP contribution in [0.2, 0.25) is 5.02 Å². The van der Waals surface area contributed by atoms with Crippen molar-refractivity contribution in [2.75, 3.05) is 32.0 Å². The van der Waals surface area contributed by atoms with E-state index in [2.05, 4.69) is 15.3 Å². The summed E-state index contributed by atoms with van der Waals surface area (Å²) in [5, 5.41) is 3.46. The predicted octanol–water partition coefficient (Wildman–Crippen LogP) is 1.80. The number of hydrogen-bond donors (Lipinski definition) is 1. The van der Waals surface area contributed by atoms with Crippen molar-refractivity contribution >= 4 is 29.0 Å². The number of nitrogens with one attached hydrogen (secondary N) is 1. The van der Waals surface area contributed by atoms with Crippen LogP contribution in [-0.4, -0.2) is 42.7 Å². The fraction of sp³-hybridized carbons (Fsp3) is 0.556. The van der Waals surface area contributed by atoms with Gasteiger partial charge in [-0.05, 0) is 0 Å². The van der Waals surface area contributed by atoms with Crippen LogP contribution in [0.3, 0.4) is 0 Å². The Morgan fingerprint density at radius 3 is 2.81 bits per heavy atom. The van der Waals surface area contributed by atoms with Gasteiger partial charge in [-0.15, -0.1) is 11.6 Å². The van der Waals surface area contributed by atoms with Crippen molar-refractivity contribution in [1.82, 2.24) is 9.97 Å². The van der Waals surface area contributed by atoms with Crippen LogP contribution in [0.25, 0.3) is 0 Å². The normalized spacial score (nSPS) is 12.2. The summed E-state index contributed by atoms with van der Waals surface area (Å²) in [6.45, 7) is 0.464. The Morgan fingerprint density at radius 2 is 2.25 bits per heavy atom. The smallest absolute Gasteiger partial charge is 0.318 e. The van der Waals surface area contributed by atoms with Crippen LogP contribution in [0.1, 0.15) is 0 Å². The molecule has 0 bridgehead atoms. The third-order valence-corrected chi connectivity index (χ3v) is 2.45. The third-order valence-electron chi connectivity index (χ3n) is 1.80. The highest BCUT2D eigenvalue weighted by Gasteiger charge is 2.11. The van der Waals surface area contributed by atoms with Crippen molar-refractivity contribution in [3.63, 3.8) is 0 Å². The second-order valence-electron chi connectivity index (χ2n) is 3.00. The molecule has 5 nitrogen and oxygen atoms in total. The first kappa shape index (κ1) is 13.3. The number of rotatable bonds is 6. The minimum atomic E-state index is -0.0660. The molecular weight excluding hydrogens is 253 g/mol. The average molecular weight is 266 g/mol. The lowest BCUT2D eigenvalue weighted by atomic mass is 10.3. The van der Waals surface area contributed by atoms with E-state index in [4.69, 9.17) is 32.7 Å². The van der Waals surface area contributed by atoms with Crippen LogP contribution in [0, 0.1) is 0 Å². The zero-order valence-electron chi connectivity index (χ0n) is 9.04. The van der Waals surface area contributed by atoms with Crippen LogP contribution in [0.5, 0.6) is 6.01 Å². The van der Waals surface area contributed by atoms with Crippen molar-refractivity contribution in [1.29, 1.82) is 0 Å². The Labute approximate surface area is 104 Å². The Bertz CT molecular complexity index is 339. The lowest BCUT2D eigenvalue weighted by molar-refractivity contribution is 0.191. The molecular formula is C9H13Cl2N3O2. The molecule has 1 atom stereocenters. The molecule has 1 rings (SSSR count). The van der Waals surface area contributed by atoms with E-state index in [1.165, 1.54) is 13.3 Å². The third kappa shape index (κ3) is 3.66. The van der Waals surface area contributed by atoms with Gasteiger partial charge >= 0.3 is 6.01 Å². The number of aromatic nitrogens is 2. The van der Waals surface area contributed by atoms with Gasteiger partial charge in [0.15, 0.2) is 5.82 Å². The van der Waals surface area contributed by atoms with Gasteiger partial charge in [0.1, 0.15) is 5.02 Å². The van der Waals surface area contributed by atoms with E-state index < -0.39 is 0 Å². The number of hydrogen-bond acceptors (Lipinski definition) is 5. The van der Waals surface area contributed by atoms with E-state index in [1.807, 2.05) is 0 Å². The van der Waals surface area contributed by atoms with Gasteiger partial charge in [-0.2, -0.15) is 4.98 Å². The number of ether oxygens (including phenoxy) is 2. The summed E-state index contributed by atoms with van der Waals surface area (Å²) in [6.07, 6.45) is 1.47. The van der Waals surface area contributed by atoms with Crippen molar-refractivity contribution in [3.05, 3.63) is 11.2 Å². The highest BCUT2D eigenvalue weighted by atomic mass is 35.5. The van der Waals surface area contributed by atoms with Crippen molar-refractivity contribution in [3.8, 4) is 6.01 Å². The van der Waals surface area contributed by atoms with Crippen molar-refractivity contribution < 1.29 is 9.47 Å². The summed E-state index contributed by atoms with van der Waals surface area (Å²) < 4.78 is 9.90. The first-order valence-electron chi connectivity index (χ1n) is 4.59. The molecule has 0 aliphatic heterocycles. The van der Waals surface area contributed by atoms with Gasteiger partial charge in [-0.25, -0.2) is 4.98 Å². The number of halogens is 2. The fourth-order valence-corrected chi connectivity index (χ4v) is 1.38. The van der Waals surface area contributed by atoms with E-state index in [9.17, 15) is 0 Å². The Hall–Kier alpha value is -0.780. The molecule has 0 spiro atoms. The average Bonchev–Trinajstić information content (AvgIpc) is 2.31. The SMILES string of the molecule is COCC(CCl)Nc1nc(OC)ncc1Cl. The molecule has 0 amide bonds. The lowest BCUT2D eigenvalue weighted by Crippen LogP contribution is -2.27. The molecule has 16 heavy (non-hydrogen) atoms. The lowest BCUT2D eigenvalue weighted by Gasteiger charge is -2.16. The van der Waals surface area contributed by atoms with Gasteiger partial charge in [0.2, 0.25) is 0 Å². The van der Waals surface area contributed by atoms with E-state index in [1.54, 1.807) is 7.11 Å².